The van der Waals surface area contributed by atoms with E-state index in [1.54, 1.807) is 23.1 Å². The van der Waals surface area contributed by atoms with Crippen molar-refractivity contribution in [2.24, 2.45) is 5.92 Å². The number of aromatic nitrogens is 2. The van der Waals surface area contributed by atoms with Gasteiger partial charge in [0, 0.05) is 26.6 Å². The van der Waals surface area contributed by atoms with Crippen molar-refractivity contribution in [3.8, 4) is 11.4 Å². The maximum Gasteiger partial charge on any atom is 0.237 e. The van der Waals surface area contributed by atoms with Gasteiger partial charge in [0.1, 0.15) is 5.82 Å². The first-order valence-electron chi connectivity index (χ1n) is 9.00. The molecule has 10 heteroatoms. The Morgan fingerprint density at radius 1 is 1.39 bits per heavy atom. The highest BCUT2D eigenvalue weighted by molar-refractivity contribution is 7.88. The maximum atomic E-state index is 13.9. The van der Waals surface area contributed by atoms with Crippen LogP contribution in [0.25, 0.3) is 11.4 Å². The van der Waals surface area contributed by atoms with Gasteiger partial charge in [-0.25, -0.2) is 12.8 Å². The molecule has 8 nitrogen and oxygen atoms in total. The van der Waals surface area contributed by atoms with Crippen molar-refractivity contribution in [3.05, 3.63) is 36.0 Å². The fourth-order valence-electron chi connectivity index (χ4n) is 3.20. The summed E-state index contributed by atoms with van der Waals surface area (Å²) in [7, 11) is -2.02. The minimum Gasteiger partial charge on any atom is -0.341 e. The molecule has 0 aliphatic carbocycles. The van der Waals surface area contributed by atoms with Crippen LogP contribution in [0, 0.1) is 11.7 Å². The van der Waals surface area contributed by atoms with E-state index in [1.165, 1.54) is 13.1 Å². The van der Waals surface area contributed by atoms with Crippen LogP contribution in [0.1, 0.15) is 18.7 Å². The van der Waals surface area contributed by atoms with Crippen molar-refractivity contribution < 1.29 is 22.1 Å². The summed E-state index contributed by atoms with van der Waals surface area (Å²) in [6.07, 6.45) is 3.26. The Bertz CT molecular complexity index is 947. The molecule has 2 aromatic rings. The number of nitrogens with zero attached hydrogens (tertiary/aromatic N) is 4. The molecule has 1 aliphatic heterocycles. The Hall–Kier alpha value is -2.33. The van der Waals surface area contributed by atoms with E-state index in [-0.39, 0.29) is 29.8 Å². The van der Waals surface area contributed by atoms with Crippen LogP contribution in [0.15, 0.2) is 28.8 Å². The number of sulfonamides is 1. The van der Waals surface area contributed by atoms with Gasteiger partial charge in [0.15, 0.2) is 0 Å². The van der Waals surface area contributed by atoms with Gasteiger partial charge in [-0.05, 0) is 30.9 Å². The Labute approximate surface area is 163 Å². The van der Waals surface area contributed by atoms with Crippen LogP contribution in [0.3, 0.4) is 0 Å². The topological polar surface area (TPSA) is 96.6 Å². The van der Waals surface area contributed by atoms with Gasteiger partial charge in [0.25, 0.3) is 0 Å². The van der Waals surface area contributed by atoms with E-state index in [1.807, 2.05) is 0 Å². The van der Waals surface area contributed by atoms with Crippen molar-refractivity contribution in [1.82, 2.24) is 19.3 Å². The average molecular weight is 410 g/mol. The molecule has 3 rings (SSSR count). The molecule has 152 valence electrons. The lowest BCUT2D eigenvalue weighted by atomic mass is 9.94. The van der Waals surface area contributed by atoms with Crippen molar-refractivity contribution in [2.75, 3.05) is 32.9 Å². The standard InChI is InChI=1S/C18H23FN4O4S/c1-22(28(2,25)26)12-17(24)23-9-5-6-13(11-23)10-16-20-18(21-27-16)14-7-3-4-8-15(14)19/h3-4,7-8,13H,5-6,9-12H2,1-2H3. The van der Waals surface area contributed by atoms with Gasteiger partial charge in [-0.15, -0.1) is 0 Å². The zero-order chi connectivity index (χ0) is 20.3. The number of halogens is 1. The molecule has 1 saturated heterocycles. The van der Waals surface area contributed by atoms with Gasteiger partial charge in [-0.3, -0.25) is 4.79 Å². The quantitative estimate of drug-likeness (QED) is 0.717. The zero-order valence-electron chi connectivity index (χ0n) is 15.8. The van der Waals surface area contributed by atoms with Crippen LogP contribution in [0.5, 0.6) is 0 Å². The predicted molar refractivity (Wildman–Crippen MR) is 100 cm³/mol. The lowest BCUT2D eigenvalue weighted by molar-refractivity contribution is -0.133. The molecule has 1 unspecified atom stereocenters. The van der Waals surface area contributed by atoms with Gasteiger partial charge in [0.2, 0.25) is 27.6 Å². The lowest BCUT2D eigenvalue weighted by Crippen LogP contribution is -2.45. The van der Waals surface area contributed by atoms with Crippen LogP contribution in [-0.2, 0) is 21.2 Å². The lowest BCUT2D eigenvalue weighted by Gasteiger charge is -2.33. The second kappa shape index (κ2) is 8.36. The van der Waals surface area contributed by atoms with Crippen LogP contribution < -0.4 is 0 Å². The number of hydrogen-bond acceptors (Lipinski definition) is 6. The van der Waals surface area contributed by atoms with Crippen LogP contribution in [0.4, 0.5) is 4.39 Å². The largest absolute Gasteiger partial charge is 0.341 e. The Morgan fingerprint density at radius 3 is 2.86 bits per heavy atom. The molecule has 0 saturated carbocycles. The minimum absolute atomic E-state index is 0.121. The number of piperidine rings is 1. The normalized spacial score (nSPS) is 17.9. The second-order valence-electron chi connectivity index (χ2n) is 7.06. The van der Waals surface area contributed by atoms with E-state index >= 15 is 0 Å². The summed E-state index contributed by atoms with van der Waals surface area (Å²) < 4.78 is 43.2. The number of rotatable bonds is 6. The minimum atomic E-state index is -3.40. The number of amides is 1. The average Bonchev–Trinajstić information content (AvgIpc) is 3.09. The van der Waals surface area contributed by atoms with Gasteiger partial charge >= 0.3 is 0 Å². The predicted octanol–water partition coefficient (Wildman–Crippen LogP) is 1.55. The van der Waals surface area contributed by atoms with Crippen molar-refractivity contribution >= 4 is 15.9 Å². The molecular weight excluding hydrogens is 387 g/mol. The summed E-state index contributed by atoms with van der Waals surface area (Å²) in [4.78, 5) is 18.4. The smallest absolute Gasteiger partial charge is 0.237 e. The molecule has 0 radical (unpaired) electrons. The molecule has 1 fully saturated rings. The first-order valence-corrected chi connectivity index (χ1v) is 10.9. The molecule has 0 N–H and O–H groups in total. The highest BCUT2D eigenvalue weighted by atomic mass is 32.2. The molecule has 1 aliphatic rings. The van der Waals surface area contributed by atoms with E-state index in [2.05, 4.69) is 10.1 Å². The molecule has 0 spiro atoms. The summed E-state index contributed by atoms with van der Waals surface area (Å²) in [6, 6.07) is 6.22. The van der Waals surface area contributed by atoms with Crippen molar-refractivity contribution in [2.45, 2.75) is 19.3 Å². The Balaban J connectivity index is 1.61. The number of likely N-dealkylation sites (N-methyl/N-ethyl adjacent to an activating group) is 1. The Morgan fingerprint density at radius 2 is 2.14 bits per heavy atom. The van der Waals surface area contributed by atoms with E-state index in [0.29, 0.717) is 25.4 Å². The molecular formula is C18H23FN4O4S. The number of likely N-dealkylation sites (tertiary alicyclic amines) is 1. The highest BCUT2D eigenvalue weighted by Gasteiger charge is 2.27. The van der Waals surface area contributed by atoms with Crippen LogP contribution in [-0.4, -0.2) is 66.6 Å². The molecule has 1 aromatic carbocycles. The number of carbonyl (C=O) groups is 1. The van der Waals surface area contributed by atoms with E-state index in [0.717, 1.165) is 23.4 Å². The second-order valence-corrected chi connectivity index (χ2v) is 9.15. The van der Waals surface area contributed by atoms with Gasteiger partial charge in [-0.1, -0.05) is 17.3 Å². The van der Waals surface area contributed by atoms with Gasteiger partial charge in [-0.2, -0.15) is 9.29 Å². The summed E-state index contributed by atoms with van der Waals surface area (Å²) in [5, 5.41) is 3.85. The summed E-state index contributed by atoms with van der Waals surface area (Å²) in [5.41, 5.74) is 0.279. The Kier molecular flexibility index (Phi) is 6.09. The maximum absolute atomic E-state index is 13.9. The third-order valence-corrected chi connectivity index (χ3v) is 6.10. The fourth-order valence-corrected chi connectivity index (χ4v) is 3.55. The third kappa shape index (κ3) is 4.93. The number of hydrogen-bond donors (Lipinski definition) is 0. The first kappa shape index (κ1) is 20.4. The summed E-state index contributed by atoms with van der Waals surface area (Å²) in [5.74, 6) is 0.0714. The molecule has 28 heavy (non-hydrogen) atoms. The summed E-state index contributed by atoms with van der Waals surface area (Å²) in [6.45, 7) is 0.911. The molecule has 1 atom stereocenters. The van der Waals surface area contributed by atoms with Crippen molar-refractivity contribution in [3.63, 3.8) is 0 Å². The zero-order valence-corrected chi connectivity index (χ0v) is 16.7. The molecule has 1 amide bonds. The first-order chi connectivity index (χ1) is 13.2. The molecule has 2 heterocycles. The van der Waals surface area contributed by atoms with Gasteiger partial charge in [0.05, 0.1) is 18.4 Å². The van der Waals surface area contributed by atoms with Crippen LogP contribution >= 0.6 is 0 Å². The fraction of sp³-hybridized carbons (Fsp3) is 0.500. The SMILES string of the molecule is CN(CC(=O)N1CCCC(Cc2nc(-c3ccccc3F)no2)C1)S(C)(=O)=O. The highest BCUT2D eigenvalue weighted by Crippen LogP contribution is 2.23. The van der Waals surface area contributed by atoms with Gasteiger partial charge < -0.3 is 9.42 Å². The van der Waals surface area contributed by atoms with Crippen LogP contribution in [0.2, 0.25) is 0 Å². The monoisotopic (exact) mass is 410 g/mol. The molecule has 0 bridgehead atoms. The van der Waals surface area contributed by atoms with Crippen molar-refractivity contribution in [1.29, 1.82) is 0 Å². The van der Waals surface area contributed by atoms with E-state index in [4.69, 9.17) is 4.52 Å². The molecule has 1 aromatic heterocycles. The number of carbonyl (C=O) groups excluding carboxylic acids is 1. The third-order valence-electron chi connectivity index (χ3n) is 4.84. The van der Waals surface area contributed by atoms with E-state index < -0.39 is 15.8 Å². The number of benzene rings is 1. The van der Waals surface area contributed by atoms with E-state index in [9.17, 15) is 17.6 Å². The summed E-state index contributed by atoms with van der Waals surface area (Å²) >= 11 is 0.